The highest BCUT2D eigenvalue weighted by molar-refractivity contribution is 5.29. The van der Waals surface area contributed by atoms with E-state index in [1.54, 1.807) is 0 Å². The van der Waals surface area contributed by atoms with Crippen molar-refractivity contribution in [3.8, 4) is 0 Å². The second-order valence-corrected chi connectivity index (χ2v) is 4.95. The fourth-order valence-electron chi connectivity index (χ4n) is 2.16. The van der Waals surface area contributed by atoms with Gasteiger partial charge in [-0.25, -0.2) is 0 Å². The van der Waals surface area contributed by atoms with Crippen molar-refractivity contribution in [2.45, 2.75) is 57.5 Å². The van der Waals surface area contributed by atoms with Crippen LogP contribution >= 0.6 is 0 Å². The van der Waals surface area contributed by atoms with Crippen LogP contribution in [-0.4, -0.2) is 5.11 Å². The molecule has 0 radical (unpaired) electrons. The number of hydrogen-bond donors (Lipinski definition) is 1. The molecule has 1 heteroatoms. The Morgan fingerprint density at radius 3 is 2.44 bits per heavy atom. The van der Waals surface area contributed by atoms with Crippen molar-refractivity contribution >= 4 is 0 Å². The summed E-state index contributed by atoms with van der Waals surface area (Å²) in [6.45, 7) is 2.19. The highest BCUT2D eigenvalue weighted by Crippen LogP contribution is 2.40. The predicted octanol–water partition coefficient (Wildman–Crippen LogP) is 4.18. The van der Waals surface area contributed by atoms with E-state index in [1.165, 1.54) is 31.2 Å². The molecule has 1 aromatic carbocycles. The predicted molar refractivity (Wildman–Crippen MR) is 67.5 cm³/mol. The van der Waals surface area contributed by atoms with Gasteiger partial charge in [0.05, 0.1) is 6.10 Å². The van der Waals surface area contributed by atoms with Gasteiger partial charge in [0.25, 0.3) is 0 Å². The van der Waals surface area contributed by atoms with Crippen LogP contribution in [0.15, 0.2) is 24.3 Å². The smallest absolute Gasteiger partial charge is 0.0790 e. The van der Waals surface area contributed by atoms with Crippen LogP contribution < -0.4 is 0 Å². The lowest BCUT2D eigenvalue weighted by Gasteiger charge is -2.11. The molecule has 0 spiro atoms. The Labute approximate surface area is 98.5 Å². The zero-order valence-corrected chi connectivity index (χ0v) is 10.2. The number of rotatable bonds is 6. The first-order valence-corrected chi connectivity index (χ1v) is 6.59. The van der Waals surface area contributed by atoms with Crippen LogP contribution in [-0.2, 0) is 0 Å². The zero-order valence-electron chi connectivity index (χ0n) is 10.2. The highest BCUT2D eigenvalue weighted by atomic mass is 16.3. The van der Waals surface area contributed by atoms with Crippen LogP contribution in [0.1, 0.15) is 68.6 Å². The molecule has 88 valence electrons. The Bertz CT molecular complexity index is 311. The van der Waals surface area contributed by atoms with Gasteiger partial charge in [0.1, 0.15) is 0 Å². The molecule has 1 fully saturated rings. The van der Waals surface area contributed by atoms with Crippen LogP contribution in [0.3, 0.4) is 0 Å². The van der Waals surface area contributed by atoms with E-state index < -0.39 is 0 Å². The molecule has 1 aromatic rings. The van der Waals surface area contributed by atoms with Gasteiger partial charge in [-0.15, -0.1) is 0 Å². The molecule has 1 unspecified atom stereocenters. The van der Waals surface area contributed by atoms with Crippen molar-refractivity contribution in [2.75, 3.05) is 0 Å². The minimum atomic E-state index is -0.264. The molecule has 1 aliphatic carbocycles. The summed E-state index contributed by atoms with van der Waals surface area (Å²) >= 11 is 0. The summed E-state index contributed by atoms with van der Waals surface area (Å²) < 4.78 is 0. The molecule has 0 heterocycles. The number of unbranched alkanes of at least 4 members (excludes halogenated alkanes) is 2. The van der Waals surface area contributed by atoms with Gasteiger partial charge >= 0.3 is 0 Å². The number of aliphatic hydroxyl groups is 1. The Hall–Kier alpha value is -0.820. The molecule has 0 amide bonds. The summed E-state index contributed by atoms with van der Waals surface area (Å²) in [7, 11) is 0. The molecule has 0 aromatic heterocycles. The van der Waals surface area contributed by atoms with Crippen LogP contribution in [0.2, 0.25) is 0 Å². The summed E-state index contributed by atoms with van der Waals surface area (Å²) in [5.74, 6) is 0.811. The summed E-state index contributed by atoms with van der Waals surface area (Å²) in [5.41, 5.74) is 2.53. The monoisotopic (exact) mass is 218 g/mol. The SMILES string of the molecule is CCCCCC(O)c1ccc(C2CC2)cc1. The number of hydrogen-bond acceptors (Lipinski definition) is 1. The molecular formula is C15H22O. The third-order valence-corrected chi connectivity index (χ3v) is 3.45. The van der Waals surface area contributed by atoms with E-state index in [0.29, 0.717) is 0 Å². The molecule has 1 atom stereocenters. The van der Waals surface area contributed by atoms with Crippen LogP contribution in [0.5, 0.6) is 0 Å². The largest absolute Gasteiger partial charge is 0.388 e. The zero-order chi connectivity index (χ0) is 11.4. The third kappa shape index (κ3) is 3.08. The Balaban J connectivity index is 1.87. The molecule has 0 saturated heterocycles. The van der Waals surface area contributed by atoms with E-state index in [-0.39, 0.29) is 6.10 Å². The van der Waals surface area contributed by atoms with Crippen LogP contribution in [0, 0.1) is 0 Å². The fraction of sp³-hybridized carbons (Fsp3) is 0.600. The van der Waals surface area contributed by atoms with Gasteiger partial charge in [-0.2, -0.15) is 0 Å². The number of benzene rings is 1. The first kappa shape index (κ1) is 11.7. The standard InChI is InChI=1S/C15H22O/c1-2-3-4-5-15(16)14-10-8-13(9-11-14)12-6-7-12/h8-12,15-16H,2-7H2,1H3. The molecule has 2 rings (SSSR count). The molecule has 1 nitrogen and oxygen atoms in total. The quantitative estimate of drug-likeness (QED) is 0.710. The van der Waals surface area contributed by atoms with Gasteiger partial charge in [0.2, 0.25) is 0 Å². The maximum absolute atomic E-state index is 9.99. The van der Waals surface area contributed by atoms with Gasteiger partial charge in [-0.3, -0.25) is 0 Å². The van der Waals surface area contributed by atoms with Crippen molar-refractivity contribution in [1.82, 2.24) is 0 Å². The third-order valence-electron chi connectivity index (χ3n) is 3.45. The second kappa shape index (κ2) is 5.49. The average molecular weight is 218 g/mol. The minimum Gasteiger partial charge on any atom is -0.388 e. The van der Waals surface area contributed by atoms with Crippen LogP contribution in [0.4, 0.5) is 0 Å². The minimum absolute atomic E-state index is 0.264. The first-order chi connectivity index (χ1) is 7.81. The Kier molecular flexibility index (Phi) is 4.00. The maximum Gasteiger partial charge on any atom is 0.0790 e. The molecule has 1 N–H and O–H groups in total. The van der Waals surface area contributed by atoms with E-state index in [0.717, 1.165) is 24.3 Å². The lowest BCUT2D eigenvalue weighted by atomic mass is 10.0. The van der Waals surface area contributed by atoms with Crippen molar-refractivity contribution < 1.29 is 5.11 Å². The van der Waals surface area contributed by atoms with E-state index in [1.807, 2.05) is 0 Å². The van der Waals surface area contributed by atoms with E-state index in [2.05, 4.69) is 31.2 Å². The molecule has 0 bridgehead atoms. The summed E-state index contributed by atoms with van der Waals surface area (Å²) in [4.78, 5) is 0. The van der Waals surface area contributed by atoms with Crippen molar-refractivity contribution in [3.63, 3.8) is 0 Å². The Morgan fingerprint density at radius 1 is 1.19 bits per heavy atom. The second-order valence-electron chi connectivity index (χ2n) is 4.95. The molecular weight excluding hydrogens is 196 g/mol. The van der Waals surface area contributed by atoms with E-state index in [9.17, 15) is 5.11 Å². The summed E-state index contributed by atoms with van der Waals surface area (Å²) in [6, 6.07) is 8.58. The van der Waals surface area contributed by atoms with Crippen molar-refractivity contribution in [3.05, 3.63) is 35.4 Å². The summed E-state index contributed by atoms with van der Waals surface area (Å²) in [6.07, 6.45) is 6.89. The summed E-state index contributed by atoms with van der Waals surface area (Å²) in [5, 5.41) is 9.99. The van der Waals surface area contributed by atoms with Gasteiger partial charge in [-0.1, -0.05) is 50.5 Å². The fourth-order valence-corrected chi connectivity index (χ4v) is 2.16. The van der Waals surface area contributed by atoms with E-state index in [4.69, 9.17) is 0 Å². The molecule has 16 heavy (non-hydrogen) atoms. The normalized spacial score (nSPS) is 17.4. The first-order valence-electron chi connectivity index (χ1n) is 6.59. The van der Waals surface area contributed by atoms with Gasteiger partial charge in [0.15, 0.2) is 0 Å². The van der Waals surface area contributed by atoms with Gasteiger partial charge in [0, 0.05) is 0 Å². The topological polar surface area (TPSA) is 20.2 Å². The lowest BCUT2D eigenvalue weighted by Crippen LogP contribution is -1.97. The number of aliphatic hydroxyl groups excluding tert-OH is 1. The van der Waals surface area contributed by atoms with Crippen molar-refractivity contribution in [1.29, 1.82) is 0 Å². The Morgan fingerprint density at radius 2 is 1.88 bits per heavy atom. The molecule has 1 aliphatic rings. The van der Waals surface area contributed by atoms with Gasteiger partial charge < -0.3 is 5.11 Å². The lowest BCUT2D eigenvalue weighted by molar-refractivity contribution is 0.163. The van der Waals surface area contributed by atoms with Crippen LogP contribution in [0.25, 0.3) is 0 Å². The average Bonchev–Trinajstić information content (AvgIpc) is 3.13. The van der Waals surface area contributed by atoms with Crippen molar-refractivity contribution in [2.24, 2.45) is 0 Å². The van der Waals surface area contributed by atoms with E-state index >= 15 is 0 Å². The molecule has 0 aliphatic heterocycles. The maximum atomic E-state index is 9.99. The van der Waals surface area contributed by atoms with Gasteiger partial charge in [-0.05, 0) is 36.3 Å². The molecule has 1 saturated carbocycles. The highest BCUT2D eigenvalue weighted by Gasteiger charge is 2.23.